The van der Waals surface area contributed by atoms with Crippen LogP contribution in [0.2, 0.25) is 5.02 Å². The van der Waals surface area contributed by atoms with Gasteiger partial charge >= 0.3 is 0 Å². The molecule has 1 fully saturated rings. The largest absolute Gasteiger partial charge is 0.378 e. The predicted octanol–water partition coefficient (Wildman–Crippen LogP) is 3.25. The van der Waals surface area contributed by atoms with E-state index in [9.17, 15) is 4.79 Å². The van der Waals surface area contributed by atoms with E-state index in [4.69, 9.17) is 16.3 Å². The summed E-state index contributed by atoms with van der Waals surface area (Å²) in [6.07, 6.45) is 0. The van der Waals surface area contributed by atoms with Crippen molar-refractivity contribution in [2.24, 2.45) is 0 Å². The number of ether oxygens (including phenoxy) is 1. The topological polar surface area (TPSA) is 44.8 Å². The van der Waals surface area contributed by atoms with Crippen molar-refractivity contribution in [2.45, 2.75) is 6.54 Å². The van der Waals surface area contributed by atoms with Crippen LogP contribution in [0.4, 0.5) is 11.4 Å². The Hall–Kier alpha value is -2.08. The van der Waals surface area contributed by atoms with E-state index < -0.39 is 0 Å². The molecule has 6 heteroatoms. The van der Waals surface area contributed by atoms with Crippen molar-refractivity contribution >= 4 is 28.9 Å². The third kappa shape index (κ3) is 5.21. The van der Waals surface area contributed by atoms with Crippen molar-refractivity contribution in [3.05, 3.63) is 59.1 Å². The molecular weight excluding hydrogens is 350 g/mol. The zero-order valence-corrected chi connectivity index (χ0v) is 15.7. The first-order chi connectivity index (χ1) is 12.6. The number of likely N-dealkylation sites (N-methyl/N-ethyl adjacent to an activating group) is 1. The van der Waals surface area contributed by atoms with Crippen LogP contribution in [0, 0.1) is 0 Å². The maximum atomic E-state index is 12.3. The molecule has 2 aromatic rings. The fourth-order valence-corrected chi connectivity index (χ4v) is 3.21. The van der Waals surface area contributed by atoms with Crippen LogP contribution < -0.4 is 10.2 Å². The zero-order valence-electron chi connectivity index (χ0n) is 15.0. The van der Waals surface area contributed by atoms with Gasteiger partial charge in [0, 0.05) is 36.0 Å². The van der Waals surface area contributed by atoms with Crippen molar-refractivity contribution in [1.82, 2.24) is 4.90 Å². The Kier molecular flexibility index (Phi) is 6.50. The van der Waals surface area contributed by atoms with Gasteiger partial charge in [0.15, 0.2) is 0 Å². The van der Waals surface area contributed by atoms with E-state index in [0.29, 0.717) is 18.1 Å². The standard InChI is InChI=1S/C20H24ClN3O2/c1-23(15-20(25)22-18-8-6-17(21)7-9-18)14-16-4-2-3-5-19(16)24-10-12-26-13-11-24/h2-9H,10-15H2,1H3,(H,22,25). The number of carbonyl (C=O) groups excluding carboxylic acids is 1. The summed E-state index contributed by atoms with van der Waals surface area (Å²) < 4.78 is 5.45. The number of rotatable bonds is 6. The van der Waals surface area contributed by atoms with E-state index in [2.05, 4.69) is 28.4 Å². The summed E-state index contributed by atoms with van der Waals surface area (Å²) in [6.45, 7) is 4.35. The molecule has 0 aliphatic carbocycles. The summed E-state index contributed by atoms with van der Waals surface area (Å²) in [4.78, 5) is 16.6. The molecule has 0 unspecified atom stereocenters. The normalized spacial score (nSPS) is 14.5. The fourth-order valence-electron chi connectivity index (χ4n) is 3.08. The highest BCUT2D eigenvalue weighted by atomic mass is 35.5. The Bertz CT molecular complexity index is 730. The molecule has 1 amide bonds. The maximum absolute atomic E-state index is 12.3. The van der Waals surface area contributed by atoms with Crippen LogP contribution in [0.15, 0.2) is 48.5 Å². The zero-order chi connectivity index (χ0) is 18.4. The van der Waals surface area contributed by atoms with Crippen LogP contribution in [0.1, 0.15) is 5.56 Å². The maximum Gasteiger partial charge on any atom is 0.238 e. The molecule has 2 aromatic carbocycles. The lowest BCUT2D eigenvalue weighted by Crippen LogP contribution is -2.37. The molecule has 0 bridgehead atoms. The molecule has 5 nitrogen and oxygen atoms in total. The lowest BCUT2D eigenvalue weighted by atomic mass is 10.1. The Labute approximate surface area is 159 Å². The van der Waals surface area contributed by atoms with Gasteiger partial charge in [-0.3, -0.25) is 9.69 Å². The van der Waals surface area contributed by atoms with Gasteiger partial charge in [-0.2, -0.15) is 0 Å². The minimum Gasteiger partial charge on any atom is -0.378 e. The quantitative estimate of drug-likeness (QED) is 0.844. The first-order valence-electron chi connectivity index (χ1n) is 8.76. The summed E-state index contributed by atoms with van der Waals surface area (Å²) in [5.41, 5.74) is 3.19. The summed E-state index contributed by atoms with van der Waals surface area (Å²) in [5.74, 6) is -0.0429. The van der Waals surface area contributed by atoms with Gasteiger partial charge in [0.1, 0.15) is 0 Å². The number of morpholine rings is 1. The van der Waals surface area contributed by atoms with Crippen LogP contribution >= 0.6 is 11.6 Å². The number of amides is 1. The number of para-hydroxylation sites is 1. The van der Waals surface area contributed by atoms with E-state index in [1.807, 2.05) is 18.0 Å². The third-order valence-corrected chi connectivity index (χ3v) is 4.58. The van der Waals surface area contributed by atoms with Gasteiger partial charge in [-0.05, 0) is 42.9 Å². The number of halogens is 1. The molecule has 0 saturated carbocycles. The molecule has 3 rings (SSSR count). The SMILES string of the molecule is CN(CC(=O)Nc1ccc(Cl)cc1)Cc1ccccc1N1CCOCC1. The molecule has 0 spiro atoms. The summed E-state index contributed by atoms with van der Waals surface area (Å²) >= 11 is 5.87. The Morgan fingerprint density at radius 2 is 1.85 bits per heavy atom. The van der Waals surface area contributed by atoms with Crippen molar-refractivity contribution in [3.63, 3.8) is 0 Å². The highest BCUT2D eigenvalue weighted by molar-refractivity contribution is 6.30. The van der Waals surface area contributed by atoms with Gasteiger partial charge in [-0.1, -0.05) is 29.8 Å². The highest BCUT2D eigenvalue weighted by Gasteiger charge is 2.16. The van der Waals surface area contributed by atoms with Gasteiger partial charge < -0.3 is 15.0 Å². The van der Waals surface area contributed by atoms with E-state index in [1.165, 1.54) is 11.3 Å². The van der Waals surface area contributed by atoms with E-state index >= 15 is 0 Å². The van der Waals surface area contributed by atoms with E-state index in [1.54, 1.807) is 24.3 Å². The number of benzene rings is 2. The number of anilines is 2. The molecule has 26 heavy (non-hydrogen) atoms. The predicted molar refractivity (Wildman–Crippen MR) is 106 cm³/mol. The minimum atomic E-state index is -0.0429. The highest BCUT2D eigenvalue weighted by Crippen LogP contribution is 2.22. The summed E-state index contributed by atoms with van der Waals surface area (Å²) in [5, 5.41) is 3.55. The average molecular weight is 374 g/mol. The molecular formula is C20H24ClN3O2. The van der Waals surface area contributed by atoms with Crippen molar-refractivity contribution in [1.29, 1.82) is 0 Å². The lowest BCUT2D eigenvalue weighted by molar-refractivity contribution is -0.117. The van der Waals surface area contributed by atoms with Crippen LogP contribution in [0.5, 0.6) is 0 Å². The molecule has 138 valence electrons. The molecule has 1 aliphatic rings. The second kappa shape index (κ2) is 9.03. The first kappa shape index (κ1) is 18.7. The Morgan fingerprint density at radius 1 is 1.15 bits per heavy atom. The van der Waals surface area contributed by atoms with Gasteiger partial charge in [-0.15, -0.1) is 0 Å². The van der Waals surface area contributed by atoms with Crippen LogP contribution in [-0.2, 0) is 16.1 Å². The number of hydrogen-bond donors (Lipinski definition) is 1. The number of carbonyl (C=O) groups is 1. The van der Waals surface area contributed by atoms with Gasteiger partial charge in [-0.25, -0.2) is 0 Å². The van der Waals surface area contributed by atoms with Crippen molar-refractivity contribution < 1.29 is 9.53 Å². The van der Waals surface area contributed by atoms with E-state index in [-0.39, 0.29) is 5.91 Å². The monoisotopic (exact) mass is 373 g/mol. The second-order valence-electron chi connectivity index (χ2n) is 6.46. The minimum absolute atomic E-state index is 0.0429. The Balaban J connectivity index is 1.58. The smallest absolute Gasteiger partial charge is 0.238 e. The number of nitrogens with one attached hydrogen (secondary N) is 1. The molecule has 1 saturated heterocycles. The lowest BCUT2D eigenvalue weighted by Gasteiger charge is -2.31. The van der Waals surface area contributed by atoms with Crippen LogP contribution in [0.3, 0.4) is 0 Å². The summed E-state index contributed by atoms with van der Waals surface area (Å²) in [7, 11) is 1.96. The van der Waals surface area contributed by atoms with Gasteiger partial charge in [0.25, 0.3) is 0 Å². The second-order valence-corrected chi connectivity index (χ2v) is 6.89. The molecule has 1 heterocycles. The average Bonchev–Trinajstić information content (AvgIpc) is 2.64. The molecule has 0 atom stereocenters. The molecule has 1 aliphatic heterocycles. The van der Waals surface area contributed by atoms with Crippen LogP contribution in [-0.4, -0.2) is 50.7 Å². The van der Waals surface area contributed by atoms with Crippen LogP contribution in [0.25, 0.3) is 0 Å². The Morgan fingerprint density at radius 3 is 2.58 bits per heavy atom. The number of nitrogens with zero attached hydrogens (tertiary/aromatic N) is 2. The van der Waals surface area contributed by atoms with E-state index in [0.717, 1.165) is 32.0 Å². The molecule has 0 aromatic heterocycles. The van der Waals surface area contributed by atoms with Gasteiger partial charge in [0.05, 0.1) is 19.8 Å². The fraction of sp³-hybridized carbons (Fsp3) is 0.350. The number of hydrogen-bond acceptors (Lipinski definition) is 4. The van der Waals surface area contributed by atoms with Crippen molar-refractivity contribution in [3.8, 4) is 0 Å². The molecule has 0 radical (unpaired) electrons. The molecule has 1 N–H and O–H groups in total. The van der Waals surface area contributed by atoms with Gasteiger partial charge in [0.2, 0.25) is 5.91 Å². The first-order valence-corrected chi connectivity index (χ1v) is 9.14. The third-order valence-electron chi connectivity index (χ3n) is 4.33. The van der Waals surface area contributed by atoms with Crippen molar-refractivity contribution in [2.75, 3.05) is 50.1 Å². The summed E-state index contributed by atoms with van der Waals surface area (Å²) in [6, 6.07) is 15.5.